The number of allylic oxidation sites excluding steroid dienone is 2. The van der Waals surface area contributed by atoms with Crippen LogP contribution in [0.5, 0.6) is 0 Å². The smallest absolute Gasteiger partial charge is 0.451 e. The van der Waals surface area contributed by atoms with Gasteiger partial charge >= 0.3 is 13.4 Å². The van der Waals surface area contributed by atoms with Gasteiger partial charge < -0.3 is 3.88 Å². The molecule has 0 fully saturated rings. The summed E-state index contributed by atoms with van der Waals surface area (Å²) in [6.07, 6.45) is 6.53. The fraction of sp³-hybridized carbons (Fsp3) is 0.833. The lowest BCUT2D eigenvalue weighted by Crippen LogP contribution is -2.43. The average Bonchev–Trinajstić information content (AvgIpc) is 2.51. The van der Waals surface area contributed by atoms with Gasteiger partial charge in [-0.1, -0.05) is 46.3 Å². The number of halogens is 1. The maximum absolute atomic E-state index is 6.87. The molecule has 0 aromatic carbocycles. The van der Waals surface area contributed by atoms with Crippen molar-refractivity contribution in [3.8, 4) is 0 Å². The van der Waals surface area contributed by atoms with E-state index in [1.165, 1.54) is 11.4 Å². The zero-order chi connectivity index (χ0) is 17.3. The Kier molecular flexibility index (Phi) is 11.6. The Morgan fingerprint density at radius 3 is 2.00 bits per heavy atom. The zero-order valence-electron chi connectivity index (χ0n) is 16.0. The van der Waals surface area contributed by atoms with E-state index in [0.717, 1.165) is 25.7 Å². The monoisotopic (exact) mass is 342 g/mol. The predicted octanol–water partition coefficient (Wildman–Crippen LogP) is 6.17. The molecule has 0 aromatic rings. The lowest BCUT2D eigenvalue weighted by atomic mass is 10.1. The normalized spacial score (nSPS) is 15.9. The van der Waals surface area contributed by atoms with Crippen LogP contribution >= 0.6 is 10.0 Å². The molecule has 0 rings (SSSR count). The van der Waals surface area contributed by atoms with E-state index in [9.17, 15) is 0 Å². The molecule has 0 aromatic heterocycles. The SMILES string of the molecule is CCC(/C=C(/CC)[N](C(C)CC)[Al]([Cl])[CH](C)C)=NC(C)CC. The van der Waals surface area contributed by atoms with Crippen LogP contribution in [-0.4, -0.2) is 35.1 Å². The van der Waals surface area contributed by atoms with Crippen molar-refractivity contribution < 1.29 is 0 Å². The molecule has 2 atom stereocenters. The number of aliphatic imine (C=N–C) groups is 1. The molecule has 0 N–H and O–H groups in total. The van der Waals surface area contributed by atoms with Gasteiger partial charge in [-0.25, -0.2) is 10.0 Å². The fourth-order valence-electron chi connectivity index (χ4n) is 2.36. The van der Waals surface area contributed by atoms with Gasteiger partial charge in [-0.3, -0.25) is 4.99 Å². The van der Waals surface area contributed by atoms with Crippen molar-refractivity contribution in [2.75, 3.05) is 0 Å². The second-order valence-electron chi connectivity index (χ2n) is 6.50. The van der Waals surface area contributed by atoms with Crippen LogP contribution in [0.3, 0.4) is 0 Å². The topological polar surface area (TPSA) is 15.6 Å². The molecule has 0 amide bonds. The van der Waals surface area contributed by atoms with Crippen LogP contribution in [0.15, 0.2) is 16.8 Å². The Bertz CT molecular complexity index is 366. The first kappa shape index (κ1) is 22.0. The van der Waals surface area contributed by atoms with Crippen LogP contribution in [0, 0.1) is 0 Å². The minimum atomic E-state index is -1.47. The molecule has 0 heterocycles. The predicted molar refractivity (Wildman–Crippen MR) is 104 cm³/mol. The summed E-state index contributed by atoms with van der Waals surface area (Å²) in [4.78, 5) is 4.86. The fourth-order valence-corrected chi connectivity index (χ4v) is 5.23. The summed E-state index contributed by atoms with van der Waals surface area (Å²) in [7, 11) is 6.87. The average molecular weight is 343 g/mol. The molecule has 0 bridgehead atoms. The van der Waals surface area contributed by atoms with Crippen LogP contribution in [0.2, 0.25) is 4.78 Å². The molecule has 0 radical (unpaired) electrons. The van der Waals surface area contributed by atoms with Crippen LogP contribution in [0.25, 0.3) is 0 Å². The summed E-state index contributed by atoms with van der Waals surface area (Å²) in [5.74, 6) is 0. The van der Waals surface area contributed by atoms with Crippen molar-refractivity contribution in [1.82, 2.24) is 3.88 Å². The van der Waals surface area contributed by atoms with Gasteiger partial charge in [0.1, 0.15) is 0 Å². The molecule has 2 unspecified atom stereocenters. The van der Waals surface area contributed by atoms with Crippen molar-refractivity contribution in [3.63, 3.8) is 0 Å². The molecule has 0 aliphatic carbocycles. The van der Waals surface area contributed by atoms with Crippen molar-refractivity contribution in [3.05, 3.63) is 11.8 Å². The van der Waals surface area contributed by atoms with E-state index in [0.29, 0.717) is 16.9 Å². The van der Waals surface area contributed by atoms with Gasteiger partial charge in [0.15, 0.2) is 0 Å². The quantitative estimate of drug-likeness (QED) is 0.342. The second kappa shape index (κ2) is 11.6. The van der Waals surface area contributed by atoms with Gasteiger partial charge in [0.25, 0.3) is 0 Å². The van der Waals surface area contributed by atoms with Gasteiger partial charge in [-0.15, -0.1) is 0 Å². The van der Waals surface area contributed by atoms with Crippen molar-refractivity contribution >= 4 is 29.2 Å². The minimum absolute atomic E-state index is 0.399. The van der Waals surface area contributed by atoms with E-state index >= 15 is 0 Å². The number of rotatable bonds is 10. The Morgan fingerprint density at radius 1 is 1.05 bits per heavy atom. The summed E-state index contributed by atoms with van der Waals surface area (Å²) >= 11 is -1.47. The van der Waals surface area contributed by atoms with Gasteiger partial charge in [-0.2, -0.15) is 0 Å². The van der Waals surface area contributed by atoms with E-state index in [-0.39, 0.29) is 0 Å². The maximum atomic E-state index is 6.87. The first-order chi connectivity index (χ1) is 10.3. The first-order valence-electron chi connectivity index (χ1n) is 9.01. The Labute approximate surface area is 147 Å². The van der Waals surface area contributed by atoms with E-state index in [1.54, 1.807) is 0 Å². The highest BCUT2D eigenvalue weighted by Gasteiger charge is 2.33. The number of hydrogen-bond acceptors (Lipinski definition) is 2. The Morgan fingerprint density at radius 2 is 1.64 bits per heavy atom. The summed E-state index contributed by atoms with van der Waals surface area (Å²) in [6.45, 7) is 17.9. The lowest BCUT2D eigenvalue weighted by Gasteiger charge is -2.37. The molecular weight excluding hydrogens is 307 g/mol. The summed E-state index contributed by atoms with van der Waals surface area (Å²) in [5, 5.41) is 0. The zero-order valence-corrected chi connectivity index (χ0v) is 17.9. The molecule has 0 aliphatic heterocycles. The van der Waals surface area contributed by atoms with Crippen molar-refractivity contribution in [1.29, 1.82) is 0 Å². The molecule has 0 saturated heterocycles. The summed E-state index contributed by atoms with van der Waals surface area (Å²) < 4.78 is 3.09. The molecule has 4 heteroatoms. The molecule has 0 spiro atoms. The minimum Gasteiger partial charge on any atom is -0.451 e. The van der Waals surface area contributed by atoms with Crippen LogP contribution in [-0.2, 0) is 0 Å². The first-order valence-corrected chi connectivity index (χ1v) is 11.9. The highest BCUT2D eigenvalue weighted by molar-refractivity contribution is 7.06. The van der Waals surface area contributed by atoms with Crippen molar-refractivity contribution in [2.24, 2.45) is 4.99 Å². The third-order valence-electron chi connectivity index (χ3n) is 4.25. The third kappa shape index (κ3) is 7.07. The molecule has 128 valence electrons. The summed E-state index contributed by atoms with van der Waals surface area (Å²) in [6, 6.07) is 0.903. The third-order valence-corrected chi connectivity index (χ3v) is 8.86. The molecule has 0 saturated carbocycles. The van der Waals surface area contributed by atoms with E-state index in [4.69, 9.17) is 15.0 Å². The highest BCUT2D eigenvalue weighted by Crippen LogP contribution is 2.26. The molecule has 0 aliphatic rings. The Balaban J connectivity index is 5.61. The lowest BCUT2D eigenvalue weighted by molar-refractivity contribution is 0.392. The van der Waals surface area contributed by atoms with Crippen LogP contribution < -0.4 is 0 Å². The highest BCUT2D eigenvalue weighted by atomic mass is 35.6. The molecular formula is C18H36AlClN2. The van der Waals surface area contributed by atoms with E-state index < -0.39 is 13.4 Å². The van der Waals surface area contributed by atoms with Gasteiger partial charge in [0.05, 0.1) is 0 Å². The van der Waals surface area contributed by atoms with Gasteiger partial charge in [0.2, 0.25) is 0 Å². The molecule has 22 heavy (non-hydrogen) atoms. The van der Waals surface area contributed by atoms with Crippen LogP contribution in [0.1, 0.15) is 81.1 Å². The van der Waals surface area contributed by atoms with Crippen molar-refractivity contribution in [2.45, 2.75) is 97.9 Å². The van der Waals surface area contributed by atoms with Gasteiger partial charge in [-0.05, 0) is 51.3 Å². The number of nitrogens with zero attached hydrogens (tertiary/aromatic N) is 2. The largest absolute Gasteiger partial charge is 0.546 e. The Hall–Kier alpha value is 0.0325. The maximum Gasteiger partial charge on any atom is 0.546 e. The summed E-state index contributed by atoms with van der Waals surface area (Å²) in [5.41, 5.74) is 2.58. The number of hydrogen-bond donors (Lipinski definition) is 0. The van der Waals surface area contributed by atoms with E-state index in [2.05, 4.69) is 65.3 Å². The van der Waals surface area contributed by atoms with Crippen LogP contribution in [0.4, 0.5) is 0 Å². The van der Waals surface area contributed by atoms with Gasteiger partial charge in [0, 0.05) is 17.8 Å². The second-order valence-corrected chi connectivity index (χ2v) is 10.5. The molecule has 2 nitrogen and oxygen atoms in total. The standard InChI is InChI=1S/C15H29N2.C3H7.Al.ClH/c1-7-12(5)16-14(9-3)11-15(10-4)17-13(6)8-2;1-3-2;;/h11-13H,7-10H2,1-6H3;3H,1-2H3;;1H/q-1;;+2;/p-1/b14-11-,17-15?;;;. The van der Waals surface area contributed by atoms with E-state index in [1.807, 2.05) is 0 Å².